The van der Waals surface area contributed by atoms with Crippen LogP contribution in [0.25, 0.3) is 16.3 Å². The molecule has 1 heterocycles. The highest BCUT2D eigenvalue weighted by atomic mass is 32.2. The number of hydrogen-bond donors (Lipinski definition) is 4. The minimum atomic E-state index is -4.84. The second-order valence-corrected chi connectivity index (χ2v) is 10.5. The summed E-state index contributed by atoms with van der Waals surface area (Å²) in [6.07, 6.45) is -2.99. The summed E-state index contributed by atoms with van der Waals surface area (Å²) < 4.78 is 77.6. The molecule has 4 aromatic rings. The summed E-state index contributed by atoms with van der Waals surface area (Å²) in [5.74, 6) is -1.44. The van der Waals surface area contributed by atoms with E-state index in [0.29, 0.717) is 11.6 Å². The number of hydrogen-bond acceptors (Lipinski definition) is 6. The van der Waals surface area contributed by atoms with E-state index in [4.69, 9.17) is 16.3 Å². The van der Waals surface area contributed by atoms with Crippen LogP contribution in [0.5, 0.6) is 0 Å². The van der Waals surface area contributed by atoms with Crippen molar-refractivity contribution in [2.75, 3.05) is 5.32 Å². The van der Waals surface area contributed by atoms with Crippen molar-refractivity contribution in [1.82, 2.24) is 4.57 Å². The lowest BCUT2D eigenvalue weighted by molar-refractivity contribution is -0.0918. The molecule has 41 heavy (non-hydrogen) atoms. The number of benzene rings is 3. The van der Waals surface area contributed by atoms with E-state index in [1.165, 1.54) is 65.4 Å². The van der Waals surface area contributed by atoms with Crippen molar-refractivity contribution >= 4 is 44.2 Å². The third kappa shape index (κ3) is 6.50. The van der Waals surface area contributed by atoms with Crippen LogP contribution in [-0.2, 0) is 16.6 Å². The molecule has 1 aromatic heterocycles. The van der Waals surface area contributed by atoms with Crippen LogP contribution in [0.4, 0.5) is 23.2 Å². The molecule has 3 aromatic carbocycles. The Hall–Kier alpha value is -4.82. The fourth-order valence-corrected chi connectivity index (χ4v) is 4.57. The molecule has 0 aliphatic carbocycles. The Balaban J connectivity index is 1.61. The second-order valence-electron chi connectivity index (χ2n) is 8.89. The first-order chi connectivity index (χ1) is 19.2. The molecule has 0 radical (unpaired) electrons. The van der Waals surface area contributed by atoms with Crippen LogP contribution in [0.1, 0.15) is 21.5 Å². The zero-order chi connectivity index (χ0) is 30.1. The second kappa shape index (κ2) is 11.0. The van der Waals surface area contributed by atoms with Crippen molar-refractivity contribution in [3.63, 3.8) is 0 Å². The average Bonchev–Trinajstić information content (AvgIpc) is 2.89. The summed E-state index contributed by atoms with van der Waals surface area (Å²) in [6.45, 7) is -0.135. The molecular weight excluding hydrogens is 566 g/mol. The van der Waals surface area contributed by atoms with Crippen molar-refractivity contribution in [2.24, 2.45) is 10.9 Å². The topological polar surface area (TPSA) is 161 Å². The van der Waals surface area contributed by atoms with E-state index in [0.717, 1.165) is 12.1 Å². The highest BCUT2D eigenvalue weighted by molar-refractivity contribution is 7.89. The van der Waals surface area contributed by atoms with Gasteiger partial charge in [-0.15, -0.1) is 0 Å². The maximum Gasteiger partial charge on any atom is 0.431 e. The molecule has 0 saturated carbocycles. The molecule has 1 amide bonds. The average molecular weight is 588 g/mol. The van der Waals surface area contributed by atoms with Crippen LogP contribution in [-0.4, -0.2) is 31.3 Å². The first-order valence-corrected chi connectivity index (χ1v) is 13.2. The summed E-state index contributed by atoms with van der Waals surface area (Å²) in [5, 5.41) is 15.4. The molecule has 6 N–H and O–H groups in total. The van der Waals surface area contributed by atoms with E-state index in [1.54, 1.807) is 0 Å². The van der Waals surface area contributed by atoms with Crippen LogP contribution in [0.2, 0.25) is 0 Å². The highest BCUT2D eigenvalue weighted by Crippen LogP contribution is 2.29. The number of carbonyl (C=O) groups is 1. The molecule has 0 fully saturated rings. The number of allylic oxidation sites excluding steroid dienone is 2. The van der Waals surface area contributed by atoms with E-state index in [2.05, 4.69) is 5.32 Å². The van der Waals surface area contributed by atoms with Gasteiger partial charge in [-0.3, -0.25) is 9.59 Å². The number of alkyl halides is 3. The largest absolute Gasteiger partial charge is 0.431 e. The zero-order valence-electron chi connectivity index (χ0n) is 20.9. The van der Waals surface area contributed by atoms with Gasteiger partial charge >= 0.3 is 6.18 Å². The number of fused-ring (bicyclic) bond motifs is 1. The van der Waals surface area contributed by atoms with E-state index in [9.17, 15) is 35.6 Å². The molecule has 0 aliphatic heterocycles. The SMILES string of the molecule is N=C/C(=C(\N)C(F)(F)F)c1ccc2c(=O)n(Cc3cc(F)cc(C(=O)Nc4ccc(S(N)(=O)=O)cc4)c3)ccc2c1. The van der Waals surface area contributed by atoms with Crippen LogP contribution >= 0.6 is 0 Å². The van der Waals surface area contributed by atoms with Crippen molar-refractivity contribution in [3.8, 4) is 0 Å². The molecule has 0 bridgehead atoms. The van der Waals surface area contributed by atoms with Crippen molar-refractivity contribution in [1.29, 1.82) is 5.41 Å². The highest BCUT2D eigenvalue weighted by Gasteiger charge is 2.34. The first kappa shape index (κ1) is 29.2. The number of sulfonamides is 1. The molecule has 0 saturated heterocycles. The van der Waals surface area contributed by atoms with Gasteiger partial charge in [-0.05, 0) is 77.2 Å². The van der Waals surface area contributed by atoms with E-state index >= 15 is 0 Å². The number of carbonyl (C=O) groups excluding carboxylic acids is 1. The van der Waals surface area contributed by atoms with Gasteiger partial charge in [-0.25, -0.2) is 17.9 Å². The molecule has 0 unspecified atom stereocenters. The quantitative estimate of drug-likeness (QED) is 0.190. The van der Waals surface area contributed by atoms with Gasteiger partial charge in [0.1, 0.15) is 11.5 Å². The minimum absolute atomic E-state index is 0.000415. The van der Waals surface area contributed by atoms with Crippen molar-refractivity contribution in [2.45, 2.75) is 17.6 Å². The van der Waals surface area contributed by atoms with Gasteiger partial charge in [0.2, 0.25) is 10.0 Å². The molecule has 14 heteroatoms. The number of pyridine rings is 1. The molecule has 0 atom stereocenters. The molecule has 9 nitrogen and oxygen atoms in total. The summed E-state index contributed by atoms with van der Waals surface area (Å²) >= 11 is 0. The summed E-state index contributed by atoms with van der Waals surface area (Å²) in [7, 11) is -3.92. The van der Waals surface area contributed by atoms with Crippen LogP contribution in [0.3, 0.4) is 0 Å². The van der Waals surface area contributed by atoms with Gasteiger partial charge in [0.25, 0.3) is 11.5 Å². The van der Waals surface area contributed by atoms with Gasteiger partial charge in [0.05, 0.1) is 11.4 Å². The number of nitrogens with one attached hydrogen (secondary N) is 2. The van der Waals surface area contributed by atoms with E-state index in [-0.39, 0.29) is 39.2 Å². The number of nitrogens with zero attached hydrogens (tertiary/aromatic N) is 1. The van der Waals surface area contributed by atoms with Crippen molar-refractivity contribution in [3.05, 3.63) is 111 Å². The summed E-state index contributed by atoms with van der Waals surface area (Å²) in [4.78, 5) is 25.7. The van der Waals surface area contributed by atoms with E-state index < -0.39 is 44.8 Å². The predicted molar refractivity (Wildman–Crippen MR) is 145 cm³/mol. The third-order valence-electron chi connectivity index (χ3n) is 6.04. The van der Waals surface area contributed by atoms with Gasteiger partial charge in [0, 0.05) is 34.6 Å². The molecule has 0 spiro atoms. The summed E-state index contributed by atoms with van der Waals surface area (Å²) in [5.41, 5.74) is 3.11. The van der Waals surface area contributed by atoms with Crippen LogP contribution in [0, 0.1) is 11.2 Å². The molecule has 4 rings (SSSR count). The fraction of sp³-hybridized carbons (Fsp3) is 0.0741. The number of halogens is 4. The Bertz CT molecular complexity index is 1880. The smallest absolute Gasteiger partial charge is 0.394 e. The zero-order valence-corrected chi connectivity index (χ0v) is 21.7. The number of anilines is 1. The van der Waals surface area contributed by atoms with Crippen LogP contribution < -0.4 is 21.7 Å². The Morgan fingerprint density at radius 3 is 2.29 bits per heavy atom. The Kier molecular flexibility index (Phi) is 7.81. The van der Waals surface area contributed by atoms with Crippen LogP contribution in [0.15, 0.2) is 88.3 Å². The third-order valence-corrected chi connectivity index (χ3v) is 6.97. The lowest BCUT2D eigenvalue weighted by Crippen LogP contribution is -2.22. The van der Waals surface area contributed by atoms with Gasteiger partial charge in [-0.1, -0.05) is 6.07 Å². The number of aromatic nitrogens is 1. The number of primary sulfonamides is 1. The Morgan fingerprint density at radius 1 is 1.00 bits per heavy atom. The number of rotatable bonds is 7. The summed E-state index contributed by atoms with van der Waals surface area (Å²) in [6, 6.07) is 13.9. The molecular formula is C27H21F4N5O4S. The lowest BCUT2D eigenvalue weighted by atomic mass is 10.0. The molecule has 0 aliphatic rings. The standard InChI is InChI=1S/C27H21F4N5O4S/c28-19-10-15(9-18(12-19)25(37)35-20-2-4-21(5-3-20)41(34,39)40)14-36-8-7-17-11-16(1-6-22(17)26(36)38)23(13-32)24(33)27(29,30)31/h1-13,32H,14,33H2,(H,35,37)(H2,34,39,40)/b24-23+,32-13?. The normalized spacial score (nSPS) is 12.6. The number of amides is 1. The fourth-order valence-electron chi connectivity index (χ4n) is 4.05. The Morgan fingerprint density at radius 2 is 1.68 bits per heavy atom. The Labute approximate surface area is 230 Å². The lowest BCUT2D eigenvalue weighted by Gasteiger charge is -2.13. The first-order valence-electron chi connectivity index (χ1n) is 11.6. The predicted octanol–water partition coefficient (Wildman–Crippen LogP) is 3.97. The maximum atomic E-state index is 14.4. The van der Waals surface area contributed by atoms with E-state index in [1.807, 2.05) is 0 Å². The maximum absolute atomic E-state index is 14.4. The minimum Gasteiger partial charge on any atom is -0.394 e. The van der Waals surface area contributed by atoms with Gasteiger partial charge in [0.15, 0.2) is 0 Å². The van der Waals surface area contributed by atoms with Crippen molar-refractivity contribution < 1.29 is 30.8 Å². The number of nitrogens with two attached hydrogens (primary N) is 2. The van der Waals surface area contributed by atoms with Gasteiger partial charge < -0.3 is 21.0 Å². The van der Waals surface area contributed by atoms with Gasteiger partial charge in [-0.2, -0.15) is 13.2 Å². The monoisotopic (exact) mass is 587 g/mol. The molecule has 212 valence electrons.